The lowest BCUT2D eigenvalue weighted by atomic mass is 10.2. The molecule has 0 aliphatic carbocycles. The molecule has 36 heavy (non-hydrogen) atoms. The molecule has 184 valence electrons. The van der Waals surface area contributed by atoms with E-state index in [-0.39, 0.29) is 11.6 Å². The summed E-state index contributed by atoms with van der Waals surface area (Å²) in [5, 5.41) is 11.5. The van der Waals surface area contributed by atoms with Crippen LogP contribution in [0.3, 0.4) is 0 Å². The number of benzene rings is 2. The number of thioether (sulfide) groups is 1. The highest BCUT2D eigenvalue weighted by atomic mass is 32.2. The number of aromatic nitrogens is 1. The van der Waals surface area contributed by atoms with Gasteiger partial charge in [-0.25, -0.2) is 9.79 Å². The van der Waals surface area contributed by atoms with Crippen molar-refractivity contribution in [3.63, 3.8) is 0 Å². The minimum Gasteiger partial charge on any atom is -0.462 e. The van der Waals surface area contributed by atoms with Crippen molar-refractivity contribution in [2.45, 2.75) is 20.8 Å². The van der Waals surface area contributed by atoms with Crippen LogP contribution in [0.25, 0.3) is 11.8 Å². The zero-order chi connectivity index (χ0) is 26.0. The number of amidine groups is 1. The van der Waals surface area contributed by atoms with Gasteiger partial charge in [0.2, 0.25) is 0 Å². The number of carbonyl (C=O) groups excluding carboxylic acids is 2. The van der Waals surface area contributed by atoms with Crippen molar-refractivity contribution < 1.29 is 19.2 Å². The van der Waals surface area contributed by atoms with E-state index in [0.717, 1.165) is 22.6 Å². The fourth-order valence-electron chi connectivity index (χ4n) is 3.84. The third-order valence-electron chi connectivity index (χ3n) is 5.68. The van der Waals surface area contributed by atoms with Gasteiger partial charge in [0.05, 0.1) is 27.7 Å². The molecular formula is C26H24N4O5S. The van der Waals surface area contributed by atoms with Gasteiger partial charge in [-0.15, -0.1) is 0 Å². The minimum atomic E-state index is -0.428. The second-order valence-corrected chi connectivity index (χ2v) is 9.08. The van der Waals surface area contributed by atoms with E-state index in [1.807, 2.05) is 30.6 Å². The predicted octanol–water partition coefficient (Wildman–Crippen LogP) is 5.41. The van der Waals surface area contributed by atoms with Gasteiger partial charge >= 0.3 is 5.97 Å². The molecule has 1 aliphatic rings. The number of nitrogens with zero attached hydrogens (tertiary/aromatic N) is 4. The Hall–Kier alpha value is -4.18. The maximum absolute atomic E-state index is 12.9. The monoisotopic (exact) mass is 504 g/mol. The summed E-state index contributed by atoms with van der Waals surface area (Å²) < 4.78 is 6.99. The highest BCUT2D eigenvalue weighted by Gasteiger charge is 2.30. The molecule has 0 N–H and O–H groups in total. The lowest BCUT2D eigenvalue weighted by molar-refractivity contribution is -0.384. The summed E-state index contributed by atoms with van der Waals surface area (Å²) in [6.07, 6.45) is 1.83. The number of rotatable bonds is 6. The van der Waals surface area contributed by atoms with E-state index >= 15 is 0 Å². The highest BCUT2D eigenvalue weighted by Crippen LogP contribution is 2.34. The largest absolute Gasteiger partial charge is 0.462 e. The van der Waals surface area contributed by atoms with Crippen molar-refractivity contribution >= 4 is 46.3 Å². The molecule has 1 aliphatic heterocycles. The molecule has 4 rings (SSSR count). The molecule has 0 saturated carbocycles. The van der Waals surface area contributed by atoms with E-state index < -0.39 is 10.9 Å². The maximum Gasteiger partial charge on any atom is 0.338 e. The lowest BCUT2D eigenvalue weighted by Gasteiger charge is -2.09. The van der Waals surface area contributed by atoms with E-state index in [2.05, 4.69) is 4.99 Å². The van der Waals surface area contributed by atoms with Gasteiger partial charge in [0, 0.05) is 36.3 Å². The number of aryl methyl sites for hydroxylation is 1. The van der Waals surface area contributed by atoms with Crippen LogP contribution >= 0.6 is 11.8 Å². The standard InChI is InChI=1S/C26H24N4O5S/c1-5-35-25(32)18-6-8-20(9-7-18)27-26-28(4)24(31)23(36-26)15-19-14-16(2)29(17(19)3)21-10-12-22(13-11-21)30(33)34/h6-15H,5H2,1-4H3. The molecule has 10 heteroatoms. The Kier molecular flexibility index (Phi) is 7.07. The van der Waals surface area contributed by atoms with Gasteiger partial charge in [-0.1, -0.05) is 0 Å². The Morgan fingerprint density at radius 2 is 1.81 bits per heavy atom. The number of ether oxygens (including phenoxy) is 1. The minimum absolute atomic E-state index is 0.0295. The smallest absolute Gasteiger partial charge is 0.338 e. The van der Waals surface area contributed by atoms with E-state index in [0.29, 0.717) is 27.9 Å². The molecule has 0 spiro atoms. The van der Waals surface area contributed by atoms with Crippen molar-refractivity contribution in [3.05, 3.63) is 92.1 Å². The number of likely N-dealkylation sites (N-methyl/N-ethyl adjacent to an activating group) is 1. The van der Waals surface area contributed by atoms with Gasteiger partial charge in [0.1, 0.15) is 0 Å². The van der Waals surface area contributed by atoms with E-state index in [9.17, 15) is 19.7 Å². The van der Waals surface area contributed by atoms with E-state index in [4.69, 9.17) is 4.74 Å². The van der Waals surface area contributed by atoms with Crippen LogP contribution in [-0.4, -0.2) is 45.1 Å². The van der Waals surface area contributed by atoms with Gasteiger partial charge in [-0.3, -0.25) is 19.8 Å². The Morgan fingerprint density at radius 1 is 1.14 bits per heavy atom. The van der Waals surface area contributed by atoms with Gasteiger partial charge in [0.15, 0.2) is 5.17 Å². The van der Waals surface area contributed by atoms with Gasteiger partial charge < -0.3 is 9.30 Å². The number of nitro benzene ring substituents is 1. The van der Waals surface area contributed by atoms with Gasteiger partial charge in [-0.2, -0.15) is 0 Å². The first-order valence-corrected chi connectivity index (χ1v) is 12.0. The fourth-order valence-corrected chi connectivity index (χ4v) is 4.82. The Morgan fingerprint density at radius 3 is 2.42 bits per heavy atom. The predicted molar refractivity (Wildman–Crippen MR) is 140 cm³/mol. The van der Waals surface area contributed by atoms with Crippen LogP contribution in [0.2, 0.25) is 0 Å². The van der Waals surface area contributed by atoms with Crippen LogP contribution in [0.5, 0.6) is 0 Å². The normalized spacial score (nSPS) is 15.7. The third-order valence-corrected chi connectivity index (χ3v) is 6.74. The Balaban J connectivity index is 1.59. The topological polar surface area (TPSA) is 107 Å². The van der Waals surface area contributed by atoms with Crippen molar-refractivity contribution in [2.75, 3.05) is 13.7 Å². The van der Waals surface area contributed by atoms with Crippen LogP contribution in [-0.2, 0) is 9.53 Å². The number of hydrogen-bond donors (Lipinski definition) is 0. The van der Waals surface area contributed by atoms with E-state index in [1.165, 1.54) is 28.8 Å². The summed E-state index contributed by atoms with van der Waals surface area (Å²) in [4.78, 5) is 41.9. The summed E-state index contributed by atoms with van der Waals surface area (Å²) in [5.41, 5.74) is 4.60. The zero-order valence-corrected chi connectivity index (χ0v) is 21.0. The second-order valence-electron chi connectivity index (χ2n) is 8.07. The number of hydrogen-bond acceptors (Lipinski definition) is 7. The number of esters is 1. The summed E-state index contributed by atoms with van der Waals surface area (Å²) in [5.74, 6) is -0.558. The van der Waals surface area contributed by atoms with Crippen LogP contribution < -0.4 is 0 Å². The summed E-state index contributed by atoms with van der Waals surface area (Å²) in [7, 11) is 1.67. The molecule has 1 fully saturated rings. The van der Waals surface area contributed by atoms with Crippen LogP contribution in [0.4, 0.5) is 11.4 Å². The molecule has 1 amide bonds. The average molecular weight is 505 g/mol. The summed E-state index contributed by atoms with van der Waals surface area (Å²) in [6, 6.07) is 15.0. The molecule has 2 heterocycles. The van der Waals surface area contributed by atoms with Crippen molar-refractivity contribution in [3.8, 4) is 5.69 Å². The third kappa shape index (κ3) is 4.94. The van der Waals surface area contributed by atoms with Crippen molar-refractivity contribution in [2.24, 2.45) is 4.99 Å². The first kappa shape index (κ1) is 24.9. The van der Waals surface area contributed by atoms with Crippen LogP contribution in [0.1, 0.15) is 34.2 Å². The Bertz CT molecular complexity index is 1410. The van der Waals surface area contributed by atoms with Crippen LogP contribution in [0, 0.1) is 24.0 Å². The molecule has 9 nitrogen and oxygen atoms in total. The first-order valence-electron chi connectivity index (χ1n) is 11.2. The molecule has 1 aromatic heterocycles. The number of non-ortho nitro benzene ring substituents is 1. The molecule has 2 aromatic carbocycles. The summed E-state index contributed by atoms with van der Waals surface area (Å²) in [6.45, 7) is 5.94. The molecule has 3 aromatic rings. The zero-order valence-electron chi connectivity index (χ0n) is 20.2. The number of amides is 1. The fraction of sp³-hybridized carbons (Fsp3) is 0.192. The molecule has 0 radical (unpaired) electrons. The molecule has 0 atom stereocenters. The molecule has 0 unspecified atom stereocenters. The molecule has 1 saturated heterocycles. The second kappa shape index (κ2) is 10.2. The average Bonchev–Trinajstić information content (AvgIpc) is 3.29. The number of nitro groups is 1. The first-order chi connectivity index (χ1) is 17.2. The SMILES string of the molecule is CCOC(=O)c1ccc(N=C2SC(=Cc3cc(C)n(-c4ccc([N+](=O)[O-])cc4)c3C)C(=O)N2C)cc1. The molecular weight excluding hydrogens is 480 g/mol. The summed E-state index contributed by atoms with van der Waals surface area (Å²) >= 11 is 1.27. The number of carbonyl (C=O) groups is 2. The maximum atomic E-state index is 12.9. The van der Waals surface area contributed by atoms with Crippen LogP contribution in [0.15, 0.2) is 64.5 Å². The molecule has 0 bridgehead atoms. The Labute approximate surface area is 212 Å². The van der Waals surface area contributed by atoms with Crippen molar-refractivity contribution in [1.29, 1.82) is 0 Å². The number of aliphatic imine (C=N–C) groups is 1. The van der Waals surface area contributed by atoms with Gasteiger partial charge in [0.25, 0.3) is 11.6 Å². The quantitative estimate of drug-likeness (QED) is 0.192. The highest BCUT2D eigenvalue weighted by molar-refractivity contribution is 8.18. The van der Waals surface area contributed by atoms with E-state index in [1.54, 1.807) is 50.4 Å². The lowest BCUT2D eigenvalue weighted by Crippen LogP contribution is -2.23. The van der Waals surface area contributed by atoms with Gasteiger partial charge in [-0.05, 0) is 86.6 Å². The van der Waals surface area contributed by atoms with Crippen molar-refractivity contribution in [1.82, 2.24) is 9.47 Å².